The quantitative estimate of drug-likeness (QED) is 0.0413. The van der Waals surface area contributed by atoms with Gasteiger partial charge < -0.3 is 50.7 Å². The van der Waals surface area contributed by atoms with E-state index in [-0.39, 0.29) is 0 Å². The largest absolute Gasteiger partial charge is 0.384 e. The number of piperazine rings is 2. The minimum Gasteiger partial charge on any atom is -0.384 e. The van der Waals surface area contributed by atoms with Gasteiger partial charge in [0.15, 0.2) is 0 Å². The van der Waals surface area contributed by atoms with Crippen LogP contribution >= 0.6 is 46.4 Å². The number of aryl methyl sites for hydroxylation is 4. The van der Waals surface area contributed by atoms with E-state index in [0.717, 1.165) is 313 Å². The Balaban J connectivity index is 0.000000119. The fourth-order valence-electron chi connectivity index (χ4n) is 17.1. The Morgan fingerprint density at radius 3 is 0.738 bits per heavy atom. The summed E-state index contributed by atoms with van der Waals surface area (Å²) in [6, 6.07) is 64.8. The van der Waals surface area contributed by atoms with Gasteiger partial charge in [-0.3, -0.25) is 19.9 Å². The maximum atomic E-state index is 6.11. The van der Waals surface area contributed by atoms with Gasteiger partial charge in [0.1, 0.15) is 0 Å². The predicted octanol–water partition coefficient (Wildman–Crippen LogP) is 21.0. The number of likely N-dealkylation sites (N-methyl/N-ethyl adjacent to an activating group) is 2. The number of nitrogens with one attached hydrogen (secondary N) is 4. The van der Waals surface area contributed by atoms with Gasteiger partial charge in [0.25, 0.3) is 0 Å². The van der Waals surface area contributed by atoms with Crippen molar-refractivity contribution >= 4 is 180 Å². The number of fused-ring (bicyclic) bond motifs is 8. The molecule has 0 radical (unpaired) electrons. The highest BCUT2D eigenvalue weighted by molar-refractivity contribution is 6.32. The van der Waals surface area contributed by atoms with Gasteiger partial charge in [-0.05, 0) is 225 Å². The molecule has 16 aromatic rings. The number of aromatic nitrogens is 12. The number of hydrogen-bond acceptors (Lipinski definition) is 22. The van der Waals surface area contributed by atoms with Gasteiger partial charge in [0.05, 0.1) is 66.9 Å². The van der Waals surface area contributed by atoms with E-state index in [4.69, 9.17) is 86.3 Å². The lowest BCUT2D eigenvalue weighted by molar-refractivity contribution is 0.311. The molecule has 20 rings (SSSR count). The monoisotopic (exact) mass is 1750 g/mol. The molecule has 0 unspecified atom stereocenters. The highest BCUT2D eigenvalue weighted by Gasteiger charge is 2.24. The van der Waals surface area contributed by atoms with Crippen LogP contribution in [0.4, 0.5) is 46.5 Å². The van der Waals surface area contributed by atoms with E-state index in [1.54, 1.807) is 0 Å². The van der Waals surface area contributed by atoms with Crippen LogP contribution in [-0.2, 0) is 25.7 Å². The standard InChI is InChI=1S/2C25H27ClN6.2C25H26ClN5/c2*1-31-13-15-32(16-14-31)25-29-22-6-3-2-5-19(22)23(30-25)7-4-11-27-21-10-12-28-24-17-18(26)8-9-20(21)24;2*26-18-10-11-20-21(12-14-28-24(20)17-18)27-13-6-9-23-19-7-2-3-8-22(19)29-25(30-23)31-15-4-1-5-16-31/h2*2-3,5-6,8-10,12,17H,4,7,11,13-16H2,1H3,(H,27,28);2*2-3,7-8,10-12,14,17H,1,4-6,9,13,15-16H2,(H,27,28). The second-order valence-electron chi connectivity index (χ2n) is 32.8. The molecule has 0 spiro atoms. The van der Waals surface area contributed by atoms with E-state index in [1.165, 1.54) is 38.5 Å². The minimum absolute atomic E-state index is 0.703. The lowest BCUT2D eigenvalue weighted by Gasteiger charge is -2.32. The van der Waals surface area contributed by atoms with E-state index in [0.29, 0.717) is 20.1 Å². The Morgan fingerprint density at radius 2 is 0.484 bits per heavy atom. The van der Waals surface area contributed by atoms with Gasteiger partial charge in [-0.1, -0.05) is 119 Å². The highest BCUT2D eigenvalue weighted by Crippen LogP contribution is 2.33. The maximum absolute atomic E-state index is 6.11. The van der Waals surface area contributed by atoms with Crippen molar-refractivity contribution in [3.63, 3.8) is 0 Å². The molecule has 0 saturated carbocycles. The number of piperidine rings is 2. The van der Waals surface area contributed by atoms with Crippen LogP contribution in [0.15, 0.2) is 219 Å². The summed E-state index contributed by atoms with van der Waals surface area (Å²) in [7, 11) is 4.33. The van der Waals surface area contributed by atoms with Gasteiger partial charge in [-0.2, -0.15) is 0 Å². The number of benzene rings is 8. The summed E-state index contributed by atoms with van der Waals surface area (Å²) in [5, 5.41) is 26.0. The first kappa shape index (κ1) is 86.4. The Bertz CT molecular complexity index is 6030. The van der Waals surface area contributed by atoms with Crippen molar-refractivity contribution in [2.45, 2.75) is 89.9 Å². The summed E-state index contributed by atoms with van der Waals surface area (Å²) < 4.78 is 0. The van der Waals surface area contributed by atoms with E-state index in [9.17, 15) is 0 Å². The normalized spacial score (nSPS) is 14.6. The second-order valence-corrected chi connectivity index (χ2v) is 34.6. The summed E-state index contributed by atoms with van der Waals surface area (Å²) in [5.74, 6) is 3.49. The van der Waals surface area contributed by atoms with Crippen LogP contribution in [0.3, 0.4) is 0 Å². The fraction of sp³-hybridized carbons (Fsp3) is 0.320. The Morgan fingerprint density at radius 1 is 0.246 bits per heavy atom. The van der Waals surface area contributed by atoms with Crippen LogP contribution in [0.2, 0.25) is 20.1 Å². The average molecular weight is 1760 g/mol. The third kappa shape index (κ3) is 21.8. The SMILES string of the molecule is CN1CCN(c2nc(CCCNc3ccnc4cc(Cl)ccc34)c3ccccc3n2)CC1.CN1CCN(c2nc(CCCNc3ccnc4cc(Cl)ccc34)c3ccccc3n2)CC1.Clc1ccc2c(NCCCc3nc(N4CCCCC4)nc4ccccc34)ccnc2c1.Clc1ccc2c(NCCCc3nc(N4CCCCC4)nc4ccccc34)ccnc2c1. The zero-order valence-electron chi connectivity index (χ0n) is 71.6. The molecule has 8 aromatic carbocycles. The summed E-state index contributed by atoms with van der Waals surface area (Å²) in [5.41, 5.74) is 16.6. The van der Waals surface area contributed by atoms with Crippen molar-refractivity contribution in [2.75, 3.05) is 160 Å². The van der Waals surface area contributed by atoms with Gasteiger partial charge in [-0.15, -0.1) is 0 Å². The molecule has 26 heteroatoms. The number of hydrogen-bond donors (Lipinski definition) is 4. The summed E-state index contributed by atoms with van der Waals surface area (Å²) in [6.45, 7) is 15.7. The average Bonchev–Trinajstić information content (AvgIpc) is 0.808. The molecule has 4 aliphatic heterocycles. The van der Waals surface area contributed by atoms with Crippen LogP contribution in [0.5, 0.6) is 0 Å². The van der Waals surface area contributed by atoms with E-state index in [1.807, 2.05) is 122 Å². The maximum Gasteiger partial charge on any atom is 0.226 e. The first-order valence-electron chi connectivity index (χ1n) is 44.4. The number of pyridine rings is 4. The summed E-state index contributed by atoms with van der Waals surface area (Å²) in [6.07, 6.45) is 22.3. The molecular weight excluding hydrogens is 1650 g/mol. The third-order valence-electron chi connectivity index (χ3n) is 24.0. The lowest BCUT2D eigenvalue weighted by atomic mass is 10.1. The van der Waals surface area contributed by atoms with Crippen molar-refractivity contribution in [3.8, 4) is 0 Å². The molecule has 0 aliphatic carbocycles. The lowest BCUT2D eigenvalue weighted by Crippen LogP contribution is -2.45. The van der Waals surface area contributed by atoms with E-state index < -0.39 is 0 Å². The Hall–Kier alpha value is -11.8. The Labute approximate surface area is 756 Å². The van der Waals surface area contributed by atoms with Gasteiger partial charge in [0, 0.05) is 215 Å². The van der Waals surface area contributed by atoms with Gasteiger partial charge in [0.2, 0.25) is 23.8 Å². The first-order valence-corrected chi connectivity index (χ1v) is 45.9. The number of anilines is 8. The van der Waals surface area contributed by atoms with Crippen molar-refractivity contribution in [1.82, 2.24) is 69.6 Å². The smallest absolute Gasteiger partial charge is 0.226 e. The molecule has 12 heterocycles. The van der Waals surface area contributed by atoms with Crippen LogP contribution in [0.25, 0.3) is 87.2 Å². The number of para-hydroxylation sites is 4. The molecular formula is C100H106Cl4N22. The Kier molecular flexibility index (Phi) is 28.8. The van der Waals surface area contributed by atoms with Crippen LogP contribution in [0, 0.1) is 0 Å². The van der Waals surface area contributed by atoms with Crippen LogP contribution in [0.1, 0.15) is 87.0 Å². The third-order valence-corrected chi connectivity index (χ3v) is 24.9. The molecule has 22 nitrogen and oxygen atoms in total. The van der Waals surface area contributed by atoms with Gasteiger partial charge >= 0.3 is 0 Å². The zero-order valence-corrected chi connectivity index (χ0v) is 74.6. The molecule has 4 aliphatic rings. The molecule has 0 bridgehead atoms. The zero-order chi connectivity index (χ0) is 85.9. The van der Waals surface area contributed by atoms with Gasteiger partial charge in [-0.25, -0.2) is 39.9 Å². The topological polar surface area (TPSA) is 222 Å². The predicted molar refractivity (Wildman–Crippen MR) is 524 cm³/mol. The minimum atomic E-state index is 0.703. The molecule has 0 atom stereocenters. The highest BCUT2D eigenvalue weighted by atomic mass is 35.5. The van der Waals surface area contributed by atoms with Crippen molar-refractivity contribution < 1.29 is 0 Å². The van der Waals surface area contributed by atoms with Crippen molar-refractivity contribution in [3.05, 3.63) is 262 Å². The number of nitrogens with zero attached hydrogens (tertiary/aromatic N) is 18. The molecule has 4 N–H and O–H groups in total. The number of rotatable bonds is 24. The van der Waals surface area contributed by atoms with E-state index in [2.05, 4.69) is 182 Å². The second kappa shape index (κ2) is 42.0. The molecule has 8 aromatic heterocycles. The molecule has 4 saturated heterocycles. The molecule has 644 valence electrons. The molecule has 4 fully saturated rings. The van der Waals surface area contributed by atoms with Crippen molar-refractivity contribution in [1.29, 1.82) is 0 Å². The van der Waals surface area contributed by atoms with Crippen LogP contribution in [-0.4, -0.2) is 188 Å². The number of halogens is 4. The van der Waals surface area contributed by atoms with Crippen LogP contribution < -0.4 is 40.9 Å². The van der Waals surface area contributed by atoms with Crippen molar-refractivity contribution in [2.24, 2.45) is 0 Å². The summed E-state index contributed by atoms with van der Waals surface area (Å²) >= 11 is 24.4. The summed E-state index contributed by atoms with van der Waals surface area (Å²) in [4.78, 5) is 71.1. The first-order chi connectivity index (χ1) is 61.9. The molecule has 126 heavy (non-hydrogen) atoms. The van der Waals surface area contributed by atoms with E-state index >= 15 is 0 Å². The fourth-order valence-corrected chi connectivity index (χ4v) is 17.7. The molecule has 0 amide bonds.